The van der Waals surface area contributed by atoms with E-state index in [9.17, 15) is 10.1 Å². The lowest BCUT2D eigenvalue weighted by molar-refractivity contribution is -0.144. The van der Waals surface area contributed by atoms with Crippen molar-refractivity contribution in [2.45, 2.75) is 69.4 Å². The normalized spacial score (nSPS) is 18.9. The van der Waals surface area contributed by atoms with E-state index in [2.05, 4.69) is 18.2 Å². The van der Waals surface area contributed by atoms with Gasteiger partial charge in [-0.2, -0.15) is 5.26 Å². The van der Waals surface area contributed by atoms with Crippen LogP contribution in [0.15, 0.2) is 17.2 Å². The van der Waals surface area contributed by atoms with Gasteiger partial charge in [0.25, 0.3) is 0 Å². The zero-order valence-corrected chi connectivity index (χ0v) is 15.7. The van der Waals surface area contributed by atoms with E-state index in [1.807, 2.05) is 13.8 Å². The molecule has 0 amide bonds. The van der Waals surface area contributed by atoms with Gasteiger partial charge in [0.2, 0.25) is 0 Å². The molecule has 0 bridgehead atoms. The first-order valence-electron chi connectivity index (χ1n) is 9.03. The number of thioether (sulfide) groups is 1. The summed E-state index contributed by atoms with van der Waals surface area (Å²) in [6.45, 7) is 3.68. The van der Waals surface area contributed by atoms with Crippen LogP contribution < -0.4 is 0 Å². The van der Waals surface area contributed by atoms with Crippen LogP contribution in [0.5, 0.6) is 0 Å². The van der Waals surface area contributed by atoms with E-state index < -0.39 is 0 Å². The number of pyridine rings is 1. The van der Waals surface area contributed by atoms with Gasteiger partial charge in [-0.1, -0.05) is 23.9 Å². The summed E-state index contributed by atoms with van der Waals surface area (Å²) < 4.78 is 5.21. The van der Waals surface area contributed by atoms with Crippen molar-refractivity contribution in [3.63, 3.8) is 0 Å². The van der Waals surface area contributed by atoms with Crippen molar-refractivity contribution in [2.24, 2.45) is 0 Å². The standard InChI is InChI=1S/C20H24N2O2S/c1-13(2)24-18(23)12-25-20-16(11-21)19(14-7-4-3-5-8-14)15-9-6-10-17(15)22-20/h3-4,13-14H,5-10,12H2,1-2H3/t14-/m1/s1. The van der Waals surface area contributed by atoms with Crippen molar-refractivity contribution in [1.29, 1.82) is 5.26 Å². The lowest BCUT2D eigenvalue weighted by atomic mass is 9.83. The van der Waals surface area contributed by atoms with Gasteiger partial charge >= 0.3 is 5.97 Å². The maximum atomic E-state index is 11.9. The average Bonchev–Trinajstić information content (AvgIpc) is 3.06. The highest BCUT2D eigenvalue weighted by Gasteiger charge is 2.28. The molecule has 0 aromatic carbocycles. The average molecular weight is 356 g/mol. The van der Waals surface area contributed by atoms with Crippen molar-refractivity contribution >= 4 is 17.7 Å². The molecular formula is C20H24N2O2S. The third kappa shape index (κ3) is 4.07. The molecule has 0 fully saturated rings. The maximum Gasteiger partial charge on any atom is 0.316 e. The van der Waals surface area contributed by atoms with E-state index in [1.54, 1.807) is 0 Å². The molecule has 0 saturated carbocycles. The molecule has 2 aliphatic rings. The number of nitrogens with zero attached hydrogens (tertiary/aromatic N) is 2. The first-order chi connectivity index (χ1) is 12.1. The Bertz CT molecular complexity index is 734. The molecule has 0 unspecified atom stereocenters. The van der Waals surface area contributed by atoms with E-state index in [0.717, 1.165) is 44.2 Å². The number of hydrogen-bond acceptors (Lipinski definition) is 5. The Kier molecular flexibility index (Phi) is 5.80. The summed E-state index contributed by atoms with van der Waals surface area (Å²) in [5, 5.41) is 10.5. The van der Waals surface area contributed by atoms with Gasteiger partial charge in [-0.3, -0.25) is 4.79 Å². The van der Waals surface area contributed by atoms with Gasteiger partial charge in [0.05, 0.1) is 17.4 Å². The molecule has 0 saturated heterocycles. The Morgan fingerprint density at radius 2 is 2.28 bits per heavy atom. The fourth-order valence-electron chi connectivity index (χ4n) is 3.73. The summed E-state index contributed by atoms with van der Waals surface area (Å²) in [5.74, 6) is 0.340. The topological polar surface area (TPSA) is 63.0 Å². The molecule has 4 nitrogen and oxygen atoms in total. The Morgan fingerprint density at radius 3 is 2.96 bits per heavy atom. The number of ether oxygens (including phenoxy) is 1. The van der Waals surface area contributed by atoms with E-state index in [0.29, 0.717) is 16.5 Å². The first kappa shape index (κ1) is 18.0. The Labute approximate surface area is 153 Å². The monoisotopic (exact) mass is 356 g/mol. The molecule has 3 rings (SSSR count). The zero-order valence-electron chi connectivity index (χ0n) is 14.9. The van der Waals surface area contributed by atoms with Crippen LogP contribution in [0.4, 0.5) is 0 Å². The molecule has 1 aromatic heterocycles. The molecular weight excluding hydrogens is 332 g/mol. The number of carbonyl (C=O) groups excluding carboxylic acids is 1. The van der Waals surface area contributed by atoms with Gasteiger partial charge in [-0.05, 0) is 69.4 Å². The highest BCUT2D eigenvalue weighted by molar-refractivity contribution is 7.99. The van der Waals surface area contributed by atoms with Crippen molar-refractivity contribution in [2.75, 3.05) is 5.75 Å². The van der Waals surface area contributed by atoms with E-state index in [-0.39, 0.29) is 17.8 Å². The Morgan fingerprint density at radius 1 is 1.44 bits per heavy atom. The zero-order chi connectivity index (χ0) is 17.8. The number of aryl methyl sites for hydroxylation is 1. The smallest absolute Gasteiger partial charge is 0.316 e. The molecule has 1 heterocycles. The molecule has 132 valence electrons. The van der Waals surface area contributed by atoms with Crippen LogP contribution in [0.3, 0.4) is 0 Å². The number of rotatable bonds is 5. The van der Waals surface area contributed by atoms with E-state index in [4.69, 9.17) is 9.72 Å². The second-order valence-electron chi connectivity index (χ2n) is 6.90. The van der Waals surface area contributed by atoms with Crippen molar-refractivity contribution in [1.82, 2.24) is 4.98 Å². The number of fused-ring (bicyclic) bond motifs is 1. The third-order valence-electron chi connectivity index (χ3n) is 4.72. The van der Waals surface area contributed by atoms with Gasteiger partial charge in [0.15, 0.2) is 0 Å². The Hall–Kier alpha value is -1.80. The summed E-state index contributed by atoms with van der Waals surface area (Å²) in [6.07, 6.45) is 10.6. The molecule has 1 aromatic rings. The summed E-state index contributed by atoms with van der Waals surface area (Å²) in [6, 6.07) is 2.40. The quantitative estimate of drug-likeness (QED) is 0.447. The van der Waals surface area contributed by atoms with Crippen LogP contribution in [0.1, 0.15) is 67.8 Å². The highest BCUT2D eigenvalue weighted by Crippen LogP contribution is 2.40. The minimum absolute atomic E-state index is 0.124. The number of allylic oxidation sites excluding steroid dienone is 2. The molecule has 2 aliphatic carbocycles. The first-order valence-corrected chi connectivity index (χ1v) is 10.0. The molecule has 25 heavy (non-hydrogen) atoms. The fraction of sp³-hybridized carbons (Fsp3) is 0.550. The number of hydrogen-bond donors (Lipinski definition) is 0. The molecule has 0 aliphatic heterocycles. The second-order valence-corrected chi connectivity index (χ2v) is 7.87. The fourth-order valence-corrected chi connectivity index (χ4v) is 4.53. The van der Waals surface area contributed by atoms with Crippen LogP contribution in [0.25, 0.3) is 0 Å². The predicted molar refractivity (Wildman–Crippen MR) is 98.7 cm³/mol. The predicted octanol–water partition coefficient (Wildman–Crippen LogP) is 4.31. The number of carbonyl (C=O) groups is 1. The molecule has 0 N–H and O–H groups in total. The van der Waals surface area contributed by atoms with Crippen molar-refractivity contribution in [3.8, 4) is 6.07 Å². The SMILES string of the molecule is CC(C)OC(=O)CSc1nc2c(c([C@@H]3CC=CCC3)c1C#N)CCC2. The van der Waals surface area contributed by atoms with Crippen molar-refractivity contribution in [3.05, 3.63) is 34.5 Å². The van der Waals surface area contributed by atoms with Gasteiger partial charge < -0.3 is 4.74 Å². The highest BCUT2D eigenvalue weighted by atomic mass is 32.2. The number of aromatic nitrogens is 1. The summed E-state index contributed by atoms with van der Waals surface area (Å²) in [5.41, 5.74) is 4.31. The maximum absolute atomic E-state index is 11.9. The number of nitriles is 1. The molecule has 5 heteroatoms. The summed E-state index contributed by atoms with van der Waals surface area (Å²) in [4.78, 5) is 16.6. The van der Waals surface area contributed by atoms with Crippen LogP contribution in [0, 0.1) is 11.3 Å². The van der Waals surface area contributed by atoms with Crippen LogP contribution in [-0.2, 0) is 22.4 Å². The van der Waals surface area contributed by atoms with Gasteiger partial charge in [0, 0.05) is 5.69 Å². The molecule has 1 atom stereocenters. The van der Waals surface area contributed by atoms with E-state index in [1.165, 1.54) is 22.9 Å². The minimum Gasteiger partial charge on any atom is -0.462 e. The second kappa shape index (κ2) is 8.05. The largest absolute Gasteiger partial charge is 0.462 e. The minimum atomic E-state index is -0.256. The summed E-state index contributed by atoms with van der Waals surface area (Å²) in [7, 11) is 0. The van der Waals surface area contributed by atoms with Crippen LogP contribution >= 0.6 is 11.8 Å². The molecule has 0 spiro atoms. The van der Waals surface area contributed by atoms with E-state index >= 15 is 0 Å². The lowest BCUT2D eigenvalue weighted by Crippen LogP contribution is -2.14. The third-order valence-corrected chi connectivity index (χ3v) is 5.67. The van der Waals surface area contributed by atoms with Gasteiger partial charge in [0.1, 0.15) is 11.1 Å². The number of esters is 1. The van der Waals surface area contributed by atoms with Crippen LogP contribution in [0.2, 0.25) is 0 Å². The van der Waals surface area contributed by atoms with Gasteiger partial charge in [-0.15, -0.1) is 0 Å². The van der Waals surface area contributed by atoms with Crippen LogP contribution in [-0.4, -0.2) is 22.8 Å². The summed E-state index contributed by atoms with van der Waals surface area (Å²) >= 11 is 1.34. The van der Waals surface area contributed by atoms with Gasteiger partial charge in [-0.25, -0.2) is 4.98 Å². The molecule has 0 radical (unpaired) electrons. The Balaban J connectivity index is 1.92. The lowest BCUT2D eigenvalue weighted by Gasteiger charge is -2.23. The van der Waals surface area contributed by atoms with Crippen molar-refractivity contribution < 1.29 is 9.53 Å².